The molecule has 0 heterocycles. The van der Waals surface area contributed by atoms with E-state index in [4.69, 9.17) is 4.74 Å². The molecule has 0 saturated heterocycles. The van der Waals surface area contributed by atoms with Gasteiger partial charge in [0.15, 0.2) is 11.6 Å². The molecule has 2 rings (SSSR count). The lowest BCUT2D eigenvalue weighted by Crippen LogP contribution is -2.24. The molecule has 0 bridgehead atoms. The fourth-order valence-corrected chi connectivity index (χ4v) is 4.39. The second-order valence-corrected chi connectivity index (χ2v) is 8.98. The van der Waals surface area contributed by atoms with Gasteiger partial charge in [-0.25, -0.2) is 0 Å². The van der Waals surface area contributed by atoms with Crippen LogP contribution in [0.5, 0.6) is 0 Å². The van der Waals surface area contributed by atoms with Gasteiger partial charge >= 0.3 is 0 Å². The van der Waals surface area contributed by atoms with Crippen LogP contribution in [0.1, 0.15) is 104 Å². The van der Waals surface area contributed by atoms with E-state index in [0.717, 1.165) is 38.5 Å². The molecular weight excluding hydrogens is 384 g/mol. The highest BCUT2D eigenvalue weighted by Gasteiger charge is 2.30. The zero-order chi connectivity index (χ0) is 22.3. The monoisotopic (exact) mass is 426 g/mol. The van der Waals surface area contributed by atoms with Gasteiger partial charge in [-0.15, -0.1) is 0 Å². The van der Waals surface area contributed by atoms with Crippen LogP contribution in [0.2, 0.25) is 0 Å². The molecule has 3 nitrogen and oxygen atoms in total. The minimum Gasteiger partial charge on any atom is -0.465 e. The first kappa shape index (κ1) is 25.4. The van der Waals surface area contributed by atoms with Crippen molar-refractivity contribution in [1.29, 1.82) is 0 Å². The lowest BCUT2D eigenvalue weighted by molar-refractivity contribution is -0.118. The number of ether oxygens (including phenoxy) is 1. The average Bonchev–Trinajstić information content (AvgIpc) is 2.76. The molecule has 0 radical (unpaired) electrons. The second kappa shape index (κ2) is 15.0. The number of hydrogen-bond donors (Lipinski definition) is 0. The third-order valence-electron chi connectivity index (χ3n) is 6.34. The highest BCUT2D eigenvalue weighted by molar-refractivity contribution is 5.96. The predicted octanol–water partition coefficient (Wildman–Crippen LogP) is 7.78. The van der Waals surface area contributed by atoms with Crippen molar-refractivity contribution in [2.75, 3.05) is 0 Å². The summed E-state index contributed by atoms with van der Waals surface area (Å²) in [7, 11) is 0. The first-order valence-corrected chi connectivity index (χ1v) is 12.7. The summed E-state index contributed by atoms with van der Waals surface area (Å²) in [4.78, 5) is 25.1. The van der Waals surface area contributed by atoms with E-state index in [2.05, 4.69) is 13.8 Å². The third kappa shape index (κ3) is 9.01. The Morgan fingerprint density at radius 1 is 0.613 bits per heavy atom. The van der Waals surface area contributed by atoms with E-state index >= 15 is 0 Å². The number of unbranched alkanes of at least 4 members (excludes halogenated alkanes) is 10. The first-order chi connectivity index (χ1) is 15.2. The Kier molecular flexibility index (Phi) is 12.3. The lowest BCUT2D eigenvalue weighted by atomic mass is 9.89. The number of allylic oxidation sites excluding steroid dienone is 8. The van der Waals surface area contributed by atoms with Gasteiger partial charge < -0.3 is 4.74 Å². The molecule has 0 N–H and O–H groups in total. The van der Waals surface area contributed by atoms with E-state index in [1.165, 1.54) is 51.4 Å². The van der Waals surface area contributed by atoms with Crippen LogP contribution >= 0.6 is 0 Å². The van der Waals surface area contributed by atoms with Crippen molar-refractivity contribution in [2.24, 2.45) is 11.8 Å². The molecule has 0 aromatic rings. The lowest BCUT2D eigenvalue weighted by Gasteiger charge is -2.26. The molecule has 2 unspecified atom stereocenters. The van der Waals surface area contributed by atoms with Gasteiger partial charge in [0.25, 0.3) is 0 Å². The van der Waals surface area contributed by atoms with Crippen LogP contribution in [0.15, 0.2) is 48.0 Å². The van der Waals surface area contributed by atoms with Crippen LogP contribution in [0.4, 0.5) is 0 Å². The normalized spacial score (nSPS) is 20.7. The third-order valence-corrected chi connectivity index (χ3v) is 6.34. The summed E-state index contributed by atoms with van der Waals surface area (Å²) in [6.07, 6.45) is 26.8. The Bertz CT molecular complexity index is 622. The van der Waals surface area contributed by atoms with Crippen molar-refractivity contribution in [3.8, 4) is 0 Å². The molecule has 0 fully saturated rings. The molecule has 0 saturated carbocycles. The zero-order valence-corrected chi connectivity index (χ0v) is 19.7. The average molecular weight is 427 g/mol. The minimum absolute atomic E-state index is 0.122. The van der Waals surface area contributed by atoms with Crippen LogP contribution in [-0.4, -0.2) is 11.6 Å². The van der Waals surface area contributed by atoms with Gasteiger partial charge in [0.1, 0.15) is 11.5 Å². The number of ketones is 2. The predicted molar refractivity (Wildman–Crippen MR) is 129 cm³/mol. The van der Waals surface area contributed by atoms with E-state index in [9.17, 15) is 9.59 Å². The molecule has 2 aliphatic rings. The highest BCUT2D eigenvalue weighted by atomic mass is 16.5. The maximum atomic E-state index is 12.5. The standard InChI is InChI=1S/C28H42O3/c1-3-5-7-9-11-13-17-23-25(29)19-15-21-27(23)31-28-22-16-20-26(30)24(28)18-14-12-10-8-6-4-2/h15-16,19-24H,3-14,17-18H2,1-2H3. The van der Waals surface area contributed by atoms with Gasteiger partial charge in [-0.3, -0.25) is 9.59 Å². The van der Waals surface area contributed by atoms with Crippen molar-refractivity contribution < 1.29 is 14.3 Å². The van der Waals surface area contributed by atoms with Gasteiger partial charge in [-0.2, -0.15) is 0 Å². The Hall–Kier alpha value is -1.90. The molecule has 172 valence electrons. The fourth-order valence-electron chi connectivity index (χ4n) is 4.39. The van der Waals surface area contributed by atoms with Crippen LogP contribution in [0.3, 0.4) is 0 Å². The minimum atomic E-state index is -0.215. The molecular formula is C28H42O3. The Labute approximate surface area is 189 Å². The fraction of sp³-hybridized carbons (Fsp3) is 0.643. The molecule has 2 aliphatic carbocycles. The maximum Gasteiger partial charge on any atom is 0.166 e. The van der Waals surface area contributed by atoms with E-state index in [-0.39, 0.29) is 23.4 Å². The summed E-state index contributed by atoms with van der Waals surface area (Å²) in [6.45, 7) is 4.45. The SMILES string of the molecule is CCCCCCCCC1C(=O)C=CC=C1OC1=CC=CC(=O)C1CCCCCCCC. The van der Waals surface area contributed by atoms with E-state index in [0.29, 0.717) is 11.5 Å². The summed E-state index contributed by atoms with van der Waals surface area (Å²) in [6, 6.07) is 0. The number of hydrogen-bond acceptors (Lipinski definition) is 3. The highest BCUT2D eigenvalue weighted by Crippen LogP contribution is 2.32. The van der Waals surface area contributed by atoms with Gasteiger partial charge in [0.2, 0.25) is 0 Å². The first-order valence-electron chi connectivity index (χ1n) is 12.7. The van der Waals surface area contributed by atoms with Crippen molar-refractivity contribution in [3.05, 3.63) is 48.0 Å². The summed E-state index contributed by atoms with van der Waals surface area (Å²) in [5.74, 6) is 1.24. The molecule has 0 spiro atoms. The molecule has 0 aromatic heterocycles. The van der Waals surface area contributed by atoms with E-state index in [1.807, 2.05) is 12.2 Å². The molecule has 0 amide bonds. The summed E-state index contributed by atoms with van der Waals surface area (Å²) in [5.41, 5.74) is 0. The van der Waals surface area contributed by atoms with Crippen LogP contribution in [-0.2, 0) is 14.3 Å². The van der Waals surface area contributed by atoms with Gasteiger partial charge in [-0.05, 0) is 37.1 Å². The van der Waals surface area contributed by atoms with E-state index < -0.39 is 0 Å². The van der Waals surface area contributed by atoms with Crippen LogP contribution in [0.25, 0.3) is 0 Å². The van der Waals surface area contributed by atoms with E-state index in [1.54, 1.807) is 24.3 Å². The molecule has 0 aliphatic heterocycles. The Balaban J connectivity index is 1.89. The van der Waals surface area contributed by atoms with Crippen LogP contribution in [0, 0.1) is 11.8 Å². The zero-order valence-electron chi connectivity index (χ0n) is 19.7. The van der Waals surface area contributed by atoms with Crippen molar-refractivity contribution in [3.63, 3.8) is 0 Å². The largest absolute Gasteiger partial charge is 0.465 e. The van der Waals surface area contributed by atoms with Crippen molar-refractivity contribution >= 4 is 11.6 Å². The van der Waals surface area contributed by atoms with Gasteiger partial charge in [0, 0.05) is 0 Å². The summed E-state index contributed by atoms with van der Waals surface area (Å²) in [5, 5.41) is 0. The molecule has 2 atom stereocenters. The Morgan fingerprint density at radius 2 is 1.00 bits per heavy atom. The summed E-state index contributed by atoms with van der Waals surface area (Å²) < 4.78 is 6.27. The molecule has 0 aromatic carbocycles. The smallest absolute Gasteiger partial charge is 0.166 e. The number of carbonyl (C=O) groups excluding carboxylic acids is 2. The van der Waals surface area contributed by atoms with Crippen molar-refractivity contribution in [1.82, 2.24) is 0 Å². The van der Waals surface area contributed by atoms with Crippen molar-refractivity contribution in [2.45, 2.75) is 104 Å². The van der Waals surface area contributed by atoms with Gasteiger partial charge in [-0.1, -0.05) is 103 Å². The number of carbonyl (C=O) groups is 2. The molecule has 31 heavy (non-hydrogen) atoms. The Morgan fingerprint density at radius 3 is 1.42 bits per heavy atom. The van der Waals surface area contributed by atoms with Crippen LogP contribution < -0.4 is 0 Å². The van der Waals surface area contributed by atoms with Gasteiger partial charge in [0.05, 0.1) is 11.8 Å². The summed E-state index contributed by atoms with van der Waals surface area (Å²) >= 11 is 0. The second-order valence-electron chi connectivity index (χ2n) is 8.98. The number of rotatable bonds is 16. The maximum absolute atomic E-state index is 12.5. The quantitative estimate of drug-likeness (QED) is 0.237. The topological polar surface area (TPSA) is 43.4 Å². The molecule has 3 heteroatoms.